The van der Waals surface area contributed by atoms with Crippen molar-refractivity contribution in [3.8, 4) is 0 Å². The van der Waals surface area contributed by atoms with E-state index in [0.717, 1.165) is 135 Å². The Morgan fingerprint density at radius 3 is 0.810 bits per heavy atom. The predicted octanol–water partition coefficient (Wildman–Crippen LogP) is 21.7. The molecule has 0 heterocycles. The van der Waals surface area contributed by atoms with E-state index in [9.17, 15) is 14.4 Å². The van der Waals surface area contributed by atoms with Crippen LogP contribution in [0.25, 0.3) is 0 Å². The van der Waals surface area contributed by atoms with Crippen LogP contribution in [-0.4, -0.2) is 37.2 Å². The quantitative estimate of drug-likeness (QED) is 0.0261. The van der Waals surface area contributed by atoms with Gasteiger partial charge in [-0.25, -0.2) is 0 Å². The zero-order chi connectivity index (χ0) is 57.1. The van der Waals surface area contributed by atoms with Gasteiger partial charge in [-0.15, -0.1) is 0 Å². The maximum Gasteiger partial charge on any atom is 0.306 e. The number of rotatable bonds is 54. The lowest BCUT2D eigenvalue weighted by Crippen LogP contribution is -2.30. The molecule has 0 aliphatic heterocycles. The van der Waals surface area contributed by atoms with Gasteiger partial charge in [0.1, 0.15) is 13.2 Å². The van der Waals surface area contributed by atoms with Crippen LogP contribution in [0.2, 0.25) is 0 Å². The minimum atomic E-state index is -0.844. The molecule has 0 amide bonds. The topological polar surface area (TPSA) is 78.9 Å². The molecule has 0 saturated carbocycles. The number of hydrogen-bond acceptors (Lipinski definition) is 6. The SMILES string of the molecule is CC/C=C\C/C=C\C/C=C\C/C=C\C/C=C\C/C=C\C/C=C\CCCC(=O)OCC(COC(=O)CCC/C=C\C/C=C\C/C=C\C/C=C\C/C=C\CC)OC(=O)CCCCCCCC/C=C\C/C=C\C/C=C\CCCCCCC. The zero-order valence-corrected chi connectivity index (χ0v) is 50.3. The standard InChI is InChI=1S/C73H112O6/c1-4-7-10-13-16-19-22-25-28-31-33-35-36-38-39-42-45-48-51-54-57-60-63-66-72(75)78-69-70(68-77-71(74)65-62-59-56-53-50-47-44-41-30-27-24-21-18-15-12-9-6-3)79-73(76)67-64-61-58-55-52-49-46-43-40-37-34-32-29-26-23-20-17-14-11-8-5-2/h7,9-10,12,16,18-19,21,23,25-28,30,32-35,38-40,43-45,47-48,53-54,56-57,70H,4-6,8,11,13-15,17,20,22,24,29,31,36-37,41-42,46,49-52,55,58-69H2,1-3H3/b10-7-,12-9-,19-16-,21-18-,26-23-,28-25-,30-27-,34-32-,35-33-,39-38-,43-40-,47-44-,48-45-,56-53-,57-54-. The van der Waals surface area contributed by atoms with Crippen molar-refractivity contribution < 1.29 is 28.6 Å². The molecule has 0 N–H and O–H groups in total. The second-order valence-corrected chi connectivity index (χ2v) is 19.8. The molecule has 440 valence electrons. The first-order chi connectivity index (χ1) is 39.0. The van der Waals surface area contributed by atoms with Crippen LogP contribution >= 0.6 is 0 Å². The Bertz CT molecular complexity index is 1870. The molecule has 0 bridgehead atoms. The maximum atomic E-state index is 12.9. The fourth-order valence-electron chi connectivity index (χ4n) is 7.77. The van der Waals surface area contributed by atoms with Crippen LogP contribution in [0, 0.1) is 0 Å². The molecule has 6 nitrogen and oxygen atoms in total. The molecular formula is C73H112O6. The number of hydrogen-bond donors (Lipinski definition) is 0. The molecule has 0 aliphatic rings. The van der Waals surface area contributed by atoms with Crippen molar-refractivity contribution >= 4 is 17.9 Å². The highest BCUT2D eigenvalue weighted by atomic mass is 16.6. The van der Waals surface area contributed by atoms with Gasteiger partial charge in [0.15, 0.2) is 6.10 Å². The third-order valence-corrected chi connectivity index (χ3v) is 12.4. The van der Waals surface area contributed by atoms with Crippen LogP contribution in [0.1, 0.15) is 239 Å². The molecule has 79 heavy (non-hydrogen) atoms. The molecule has 0 fully saturated rings. The first-order valence-corrected chi connectivity index (χ1v) is 31.3. The van der Waals surface area contributed by atoms with Gasteiger partial charge in [-0.3, -0.25) is 14.4 Å². The molecule has 1 unspecified atom stereocenters. The number of ether oxygens (including phenoxy) is 3. The van der Waals surface area contributed by atoms with Crippen molar-refractivity contribution in [2.75, 3.05) is 13.2 Å². The van der Waals surface area contributed by atoms with Gasteiger partial charge >= 0.3 is 17.9 Å². The van der Waals surface area contributed by atoms with E-state index in [1.807, 2.05) is 0 Å². The summed E-state index contributed by atoms with van der Waals surface area (Å²) >= 11 is 0. The van der Waals surface area contributed by atoms with E-state index in [1.54, 1.807) is 0 Å². The van der Waals surface area contributed by atoms with Crippen LogP contribution in [-0.2, 0) is 28.6 Å². The molecule has 0 saturated heterocycles. The fraction of sp³-hybridized carbons (Fsp3) is 0.548. The Labute approximate surface area is 484 Å². The first kappa shape index (κ1) is 73.5. The van der Waals surface area contributed by atoms with Gasteiger partial charge in [0.25, 0.3) is 0 Å². The number of carbonyl (C=O) groups is 3. The summed E-state index contributed by atoms with van der Waals surface area (Å²) in [5.74, 6) is -1.07. The van der Waals surface area contributed by atoms with E-state index in [-0.39, 0.29) is 50.4 Å². The highest BCUT2D eigenvalue weighted by Gasteiger charge is 2.19. The lowest BCUT2D eigenvalue weighted by molar-refractivity contribution is -0.167. The van der Waals surface area contributed by atoms with Crippen molar-refractivity contribution in [3.05, 3.63) is 182 Å². The largest absolute Gasteiger partial charge is 0.462 e. The Kier molecular flexibility index (Phi) is 60.5. The van der Waals surface area contributed by atoms with Crippen molar-refractivity contribution in [1.82, 2.24) is 0 Å². The van der Waals surface area contributed by atoms with E-state index >= 15 is 0 Å². The fourth-order valence-corrected chi connectivity index (χ4v) is 7.77. The molecule has 0 aliphatic carbocycles. The van der Waals surface area contributed by atoms with Gasteiger partial charge in [0, 0.05) is 19.3 Å². The van der Waals surface area contributed by atoms with Gasteiger partial charge in [0.05, 0.1) is 0 Å². The molecular weight excluding hydrogens is 973 g/mol. The summed E-state index contributed by atoms with van der Waals surface area (Å²) in [4.78, 5) is 38.3. The van der Waals surface area contributed by atoms with Gasteiger partial charge in [-0.2, -0.15) is 0 Å². The van der Waals surface area contributed by atoms with Gasteiger partial charge in [-0.05, 0) is 148 Å². The van der Waals surface area contributed by atoms with Crippen molar-refractivity contribution in [1.29, 1.82) is 0 Å². The van der Waals surface area contributed by atoms with E-state index in [4.69, 9.17) is 14.2 Å². The number of unbranched alkanes of at least 4 members (excludes halogenated alkanes) is 13. The van der Waals surface area contributed by atoms with Crippen LogP contribution in [0.15, 0.2) is 182 Å². The monoisotopic (exact) mass is 1080 g/mol. The molecule has 0 aromatic heterocycles. The van der Waals surface area contributed by atoms with Crippen LogP contribution < -0.4 is 0 Å². The van der Waals surface area contributed by atoms with E-state index in [1.165, 1.54) is 51.4 Å². The predicted molar refractivity (Wildman–Crippen MR) is 343 cm³/mol. The molecule has 0 aromatic carbocycles. The zero-order valence-electron chi connectivity index (χ0n) is 50.3. The lowest BCUT2D eigenvalue weighted by atomic mass is 10.1. The molecule has 1 atom stereocenters. The summed E-state index contributed by atoms with van der Waals surface area (Å²) in [6, 6.07) is 0. The Hall–Kier alpha value is -5.49. The second-order valence-electron chi connectivity index (χ2n) is 19.8. The average Bonchev–Trinajstić information content (AvgIpc) is 3.45. The Morgan fingerprint density at radius 1 is 0.266 bits per heavy atom. The van der Waals surface area contributed by atoms with Crippen molar-refractivity contribution in [2.45, 2.75) is 245 Å². The van der Waals surface area contributed by atoms with E-state index in [0.29, 0.717) is 12.8 Å². The summed E-state index contributed by atoms with van der Waals surface area (Å²) in [6.07, 6.45) is 97.5. The molecule has 0 rings (SSSR count). The highest BCUT2D eigenvalue weighted by Crippen LogP contribution is 2.12. The highest BCUT2D eigenvalue weighted by molar-refractivity contribution is 5.71. The minimum absolute atomic E-state index is 0.141. The number of allylic oxidation sites excluding steroid dienone is 30. The minimum Gasteiger partial charge on any atom is -0.462 e. The third kappa shape index (κ3) is 63.2. The summed E-state index contributed by atoms with van der Waals surface area (Å²) < 4.78 is 16.8. The first-order valence-electron chi connectivity index (χ1n) is 31.3. The van der Waals surface area contributed by atoms with E-state index < -0.39 is 6.10 Å². The van der Waals surface area contributed by atoms with E-state index in [2.05, 4.69) is 203 Å². The number of esters is 3. The molecule has 6 heteroatoms. The normalized spacial score (nSPS) is 13.4. The summed E-state index contributed by atoms with van der Waals surface area (Å²) in [5.41, 5.74) is 0. The summed E-state index contributed by atoms with van der Waals surface area (Å²) in [6.45, 7) is 6.28. The maximum absolute atomic E-state index is 12.9. The average molecular weight is 1090 g/mol. The van der Waals surface area contributed by atoms with Crippen LogP contribution in [0.3, 0.4) is 0 Å². The molecule has 0 radical (unpaired) electrons. The molecule has 0 spiro atoms. The summed E-state index contributed by atoms with van der Waals surface area (Å²) in [5, 5.41) is 0. The van der Waals surface area contributed by atoms with Crippen LogP contribution in [0.5, 0.6) is 0 Å². The third-order valence-electron chi connectivity index (χ3n) is 12.4. The van der Waals surface area contributed by atoms with Crippen molar-refractivity contribution in [2.24, 2.45) is 0 Å². The number of carbonyl (C=O) groups excluding carboxylic acids is 3. The Morgan fingerprint density at radius 2 is 0.506 bits per heavy atom. The second kappa shape index (κ2) is 65.0. The van der Waals surface area contributed by atoms with Gasteiger partial charge in [-0.1, -0.05) is 254 Å². The van der Waals surface area contributed by atoms with Crippen LogP contribution in [0.4, 0.5) is 0 Å². The van der Waals surface area contributed by atoms with Gasteiger partial charge < -0.3 is 14.2 Å². The lowest BCUT2D eigenvalue weighted by Gasteiger charge is -2.18. The van der Waals surface area contributed by atoms with Gasteiger partial charge in [0.2, 0.25) is 0 Å². The van der Waals surface area contributed by atoms with Crippen molar-refractivity contribution in [3.63, 3.8) is 0 Å². The summed E-state index contributed by atoms with van der Waals surface area (Å²) in [7, 11) is 0. The molecule has 0 aromatic rings. The Balaban J connectivity index is 4.63. The smallest absolute Gasteiger partial charge is 0.306 e.